The second-order valence-electron chi connectivity index (χ2n) is 5.28. The van der Waals surface area contributed by atoms with Crippen molar-refractivity contribution >= 4 is 11.0 Å². The molecule has 0 atom stereocenters. The van der Waals surface area contributed by atoms with Crippen molar-refractivity contribution in [1.29, 1.82) is 0 Å². The summed E-state index contributed by atoms with van der Waals surface area (Å²) in [6.45, 7) is 0. The summed E-state index contributed by atoms with van der Waals surface area (Å²) in [6.07, 6.45) is 3.58. The smallest absolute Gasteiger partial charge is 0.160 e. The third kappa shape index (κ3) is 2.36. The highest BCUT2D eigenvalue weighted by molar-refractivity contribution is 5.84. The number of hydrogen-bond donors (Lipinski definition) is 0. The molecule has 0 radical (unpaired) electrons. The van der Waals surface area contributed by atoms with Crippen LogP contribution in [-0.2, 0) is 7.05 Å². The average molecular weight is 304 g/mol. The number of nitrogens with zero attached hydrogens (tertiary/aromatic N) is 4. The fraction of sp³-hybridized carbons (Fsp3) is 0.0556. The second-order valence-corrected chi connectivity index (χ2v) is 5.28. The molecule has 4 rings (SSSR count). The van der Waals surface area contributed by atoms with Crippen molar-refractivity contribution in [2.24, 2.45) is 7.05 Å². The van der Waals surface area contributed by atoms with Crippen LogP contribution in [0.3, 0.4) is 0 Å². The van der Waals surface area contributed by atoms with E-state index in [0.717, 1.165) is 22.4 Å². The maximum Gasteiger partial charge on any atom is 0.160 e. The molecule has 0 spiro atoms. The number of rotatable bonds is 2. The van der Waals surface area contributed by atoms with Crippen LogP contribution >= 0.6 is 0 Å². The molecule has 2 aromatic heterocycles. The number of hydrogen-bond acceptors (Lipinski definition) is 3. The molecule has 0 aliphatic carbocycles. The van der Waals surface area contributed by atoms with Crippen molar-refractivity contribution in [2.75, 3.05) is 0 Å². The van der Waals surface area contributed by atoms with E-state index < -0.39 is 0 Å². The summed E-state index contributed by atoms with van der Waals surface area (Å²) in [5, 5.41) is 0. The molecule has 0 aliphatic heterocycles. The molecule has 0 saturated carbocycles. The SMILES string of the molecule is Cn1ccnc1-c1nc2ccccc2nc1-c1ccc(F)cc1. The lowest BCUT2D eigenvalue weighted by molar-refractivity contribution is 0.628. The first-order valence-corrected chi connectivity index (χ1v) is 7.23. The van der Waals surface area contributed by atoms with E-state index in [1.165, 1.54) is 12.1 Å². The summed E-state index contributed by atoms with van der Waals surface area (Å²) < 4.78 is 15.1. The molecule has 23 heavy (non-hydrogen) atoms. The Morgan fingerprint density at radius 1 is 0.870 bits per heavy atom. The number of benzene rings is 2. The summed E-state index contributed by atoms with van der Waals surface area (Å²) in [5.41, 5.74) is 3.78. The van der Waals surface area contributed by atoms with Crippen molar-refractivity contribution in [2.45, 2.75) is 0 Å². The highest BCUT2D eigenvalue weighted by Gasteiger charge is 2.16. The normalized spacial score (nSPS) is 11.0. The van der Waals surface area contributed by atoms with Crippen molar-refractivity contribution in [3.63, 3.8) is 0 Å². The number of aromatic nitrogens is 4. The highest BCUT2D eigenvalue weighted by atomic mass is 19.1. The predicted molar refractivity (Wildman–Crippen MR) is 87.1 cm³/mol. The second kappa shape index (κ2) is 5.28. The summed E-state index contributed by atoms with van der Waals surface area (Å²) in [7, 11) is 1.91. The lowest BCUT2D eigenvalue weighted by atomic mass is 10.1. The van der Waals surface area contributed by atoms with Crippen LogP contribution in [0.25, 0.3) is 33.8 Å². The number of fused-ring (bicyclic) bond motifs is 1. The van der Waals surface area contributed by atoms with Crippen LogP contribution in [0.4, 0.5) is 4.39 Å². The molecular weight excluding hydrogens is 291 g/mol. The largest absolute Gasteiger partial charge is 0.333 e. The molecule has 0 unspecified atom stereocenters. The minimum atomic E-state index is -0.277. The van der Waals surface area contributed by atoms with Crippen LogP contribution in [0.15, 0.2) is 60.9 Å². The van der Waals surface area contributed by atoms with E-state index in [0.29, 0.717) is 11.4 Å². The standard InChI is InChI=1S/C18H13FN4/c1-23-11-10-20-18(23)17-16(12-6-8-13(19)9-7-12)21-14-4-2-3-5-15(14)22-17/h2-11H,1H3. The summed E-state index contributed by atoms with van der Waals surface area (Å²) in [6, 6.07) is 14.0. The topological polar surface area (TPSA) is 43.6 Å². The molecule has 4 nitrogen and oxygen atoms in total. The Morgan fingerprint density at radius 3 is 2.13 bits per heavy atom. The summed E-state index contributed by atoms with van der Waals surface area (Å²) >= 11 is 0. The first kappa shape index (κ1) is 13.6. The Kier molecular flexibility index (Phi) is 3.12. The van der Waals surface area contributed by atoms with E-state index in [4.69, 9.17) is 9.97 Å². The minimum absolute atomic E-state index is 0.277. The van der Waals surface area contributed by atoms with Gasteiger partial charge in [-0.05, 0) is 36.4 Å². The molecule has 2 aromatic carbocycles. The maximum absolute atomic E-state index is 13.2. The van der Waals surface area contributed by atoms with Gasteiger partial charge in [-0.15, -0.1) is 0 Å². The van der Waals surface area contributed by atoms with E-state index in [1.807, 2.05) is 42.1 Å². The Balaban J connectivity index is 2.04. The third-order valence-electron chi connectivity index (χ3n) is 3.72. The van der Waals surface area contributed by atoms with E-state index in [-0.39, 0.29) is 5.82 Å². The third-order valence-corrected chi connectivity index (χ3v) is 3.72. The van der Waals surface area contributed by atoms with Crippen molar-refractivity contribution in [1.82, 2.24) is 19.5 Å². The first-order chi connectivity index (χ1) is 11.2. The lowest BCUT2D eigenvalue weighted by Crippen LogP contribution is -2.00. The highest BCUT2D eigenvalue weighted by Crippen LogP contribution is 2.29. The molecule has 0 saturated heterocycles. The van der Waals surface area contributed by atoms with Gasteiger partial charge in [0.15, 0.2) is 5.82 Å². The Labute approximate surface area is 132 Å². The van der Waals surface area contributed by atoms with Crippen LogP contribution in [-0.4, -0.2) is 19.5 Å². The lowest BCUT2D eigenvalue weighted by Gasteiger charge is -2.10. The van der Waals surface area contributed by atoms with E-state index in [2.05, 4.69) is 4.98 Å². The van der Waals surface area contributed by atoms with Crippen molar-refractivity contribution < 1.29 is 4.39 Å². The number of halogens is 1. The molecule has 0 fully saturated rings. The molecule has 0 aliphatic rings. The fourth-order valence-electron chi connectivity index (χ4n) is 2.56. The van der Waals surface area contributed by atoms with Crippen LogP contribution in [0.2, 0.25) is 0 Å². The average Bonchev–Trinajstić information content (AvgIpc) is 3.00. The molecule has 5 heteroatoms. The number of aryl methyl sites for hydroxylation is 1. The number of imidazole rings is 1. The van der Waals surface area contributed by atoms with Gasteiger partial charge in [0.05, 0.1) is 11.0 Å². The summed E-state index contributed by atoms with van der Waals surface area (Å²) in [5.74, 6) is 0.448. The van der Waals surface area contributed by atoms with Crippen LogP contribution in [0.1, 0.15) is 0 Å². The van der Waals surface area contributed by atoms with Crippen molar-refractivity contribution in [3.05, 3.63) is 66.7 Å². The zero-order valence-electron chi connectivity index (χ0n) is 12.4. The minimum Gasteiger partial charge on any atom is -0.333 e. The molecule has 2 heterocycles. The van der Waals surface area contributed by atoms with Crippen LogP contribution in [0.5, 0.6) is 0 Å². The molecule has 4 aromatic rings. The van der Waals surface area contributed by atoms with Gasteiger partial charge in [0.2, 0.25) is 0 Å². The molecule has 0 bridgehead atoms. The van der Waals surface area contributed by atoms with Gasteiger partial charge >= 0.3 is 0 Å². The van der Waals surface area contributed by atoms with Gasteiger partial charge in [0.25, 0.3) is 0 Å². The van der Waals surface area contributed by atoms with Gasteiger partial charge in [-0.1, -0.05) is 12.1 Å². The Bertz CT molecular complexity index is 990. The van der Waals surface area contributed by atoms with E-state index in [1.54, 1.807) is 18.3 Å². The zero-order valence-corrected chi connectivity index (χ0v) is 12.4. The maximum atomic E-state index is 13.2. The van der Waals surface area contributed by atoms with Gasteiger partial charge in [0.1, 0.15) is 17.2 Å². The van der Waals surface area contributed by atoms with E-state index in [9.17, 15) is 4.39 Å². The van der Waals surface area contributed by atoms with Crippen molar-refractivity contribution in [3.8, 4) is 22.8 Å². The first-order valence-electron chi connectivity index (χ1n) is 7.23. The van der Waals surface area contributed by atoms with E-state index >= 15 is 0 Å². The Hall–Kier alpha value is -3.08. The Morgan fingerprint density at radius 2 is 1.52 bits per heavy atom. The quantitative estimate of drug-likeness (QED) is 0.565. The fourth-order valence-corrected chi connectivity index (χ4v) is 2.56. The summed E-state index contributed by atoms with van der Waals surface area (Å²) in [4.78, 5) is 13.9. The zero-order chi connectivity index (χ0) is 15.8. The van der Waals surface area contributed by atoms with Gasteiger partial charge in [-0.25, -0.2) is 19.3 Å². The van der Waals surface area contributed by atoms with Gasteiger partial charge < -0.3 is 4.57 Å². The molecule has 112 valence electrons. The predicted octanol–water partition coefficient (Wildman–Crippen LogP) is 3.84. The van der Waals surface area contributed by atoms with Gasteiger partial charge in [0, 0.05) is 25.0 Å². The monoisotopic (exact) mass is 304 g/mol. The molecular formula is C18H13FN4. The van der Waals surface area contributed by atoms with Gasteiger partial charge in [-0.2, -0.15) is 0 Å². The van der Waals surface area contributed by atoms with Gasteiger partial charge in [-0.3, -0.25) is 0 Å². The molecule has 0 N–H and O–H groups in total. The molecule has 0 amide bonds. The number of para-hydroxylation sites is 2. The van der Waals surface area contributed by atoms with Crippen LogP contribution < -0.4 is 0 Å². The van der Waals surface area contributed by atoms with Crippen LogP contribution in [0, 0.1) is 5.82 Å².